The number of thioether (sulfide) groups is 1. The fourth-order valence-corrected chi connectivity index (χ4v) is 4.92. The summed E-state index contributed by atoms with van der Waals surface area (Å²) in [6, 6.07) is 12.4. The van der Waals surface area contributed by atoms with Crippen molar-refractivity contribution in [2.24, 2.45) is 5.92 Å². The highest BCUT2D eigenvalue weighted by Gasteiger charge is 2.34. The van der Waals surface area contributed by atoms with Crippen LogP contribution in [0.15, 0.2) is 56.9 Å². The maximum absolute atomic E-state index is 5.76. The molecule has 8 heteroatoms. The molecular formula is C22H24N4OS3. The smallest absolute Gasteiger partial charge is 0.258 e. The van der Waals surface area contributed by atoms with Crippen LogP contribution in [0.2, 0.25) is 0 Å². The van der Waals surface area contributed by atoms with Gasteiger partial charge in [0.1, 0.15) is 0 Å². The summed E-state index contributed by atoms with van der Waals surface area (Å²) in [7, 11) is 0. The predicted octanol–water partition coefficient (Wildman–Crippen LogP) is 5.84. The summed E-state index contributed by atoms with van der Waals surface area (Å²) in [5, 5.41) is 10.5. The molecule has 3 heterocycles. The van der Waals surface area contributed by atoms with E-state index in [1.54, 1.807) is 23.1 Å². The van der Waals surface area contributed by atoms with E-state index in [2.05, 4.69) is 66.7 Å². The number of hydrogen-bond donors (Lipinski definition) is 1. The van der Waals surface area contributed by atoms with Crippen molar-refractivity contribution in [2.75, 3.05) is 12.8 Å². The molecule has 0 amide bonds. The van der Waals surface area contributed by atoms with Crippen LogP contribution in [0.4, 0.5) is 0 Å². The van der Waals surface area contributed by atoms with E-state index in [-0.39, 0.29) is 6.04 Å². The van der Waals surface area contributed by atoms with Gasteiger partial charge in [-0.15, -0.1) is 23.1 Å². The van der Waals surface area contributed by atoms with E-state index in [0.29, 0.717) is 17.6 Å². The van der Waals surface area contributed by atoms with E-state index < -0.39 is 0 Å². The average molecular weight is 457 g/mol. The summed E-state index contributed by atoms with van der Waals surface area (Å²) in [6.07, 6.45) is 2.08. The van der Waals surface area contributed by atoms with E-state index >= 15 is 0 Å². The molecule has 1 aromatic carbocycles. The highest BCUT2D eigenvalue weighted by atomic mass is 32.2. The summed E-state index contributed by atoms with van der Waals surface area (Å²) < 4.78 is 5.76. The van der Waals surface area contributed by atoms with Gasteiger partial charge in [0.25, 0.3) is 5.89 Å². The fourth-order valence-electron chi connectivity index (χ4n) is 3.53. The van der Waals surface area contributed by atoms with Crippen LogP contribution in [0.5, 0.6) is 0 Å². The van der Waals surface area contributed by atoms with Crippen molar-refractivity contribution in [3.63, 3.8) is 0 Å². The molecule has 1 atom stereocenters. The normalized spacial score (nSPS) is 17.0. The maximum Gasteiger partial charge on any atom is 0.258 e. The van der Waals surface area contributed by atoms with E-state index in [4.69, 9.17) is 21.7 Å². The van der Waals surface area contributed by atoms with Crippen LogP contribution in [0.3, 0.4) is 0 Å². The van der Waals surface area contributed by atoms with E-state index in [1.807, 2.05) is 17.5 Å². The number of aromatic nitrogens is 2. The van der Waals surface area contributed by atoms with Gasteiger partial charge in [0.2, 0.25) is 5.82 Å². The zero-order valence-electron chi connectivity index (χ0n) is 17.4. The lowest BCUT2D eigenvalue weighted by Gasteiger charge is -2.38. The summed E-state index contributed by atoms with van der Waals surface area (Å²) in [4.78, 5) is 9.08. The van der Waals surface area contributed by atoms with Crippen molar-refractivity contribution in [1.82, 2.24) is 20.4 Å². The third-order valence-electron chi connectivity index (χ3n) is 4.99. The second-order valence-electron chi connectivity index (χ2n) is 7.56. The maximum atomic E-state index is 5.76. The Morgan fingerprint density at radius 2 is 2.03 bits per heavy atom. The van der Waals surface area contributed by atoms with E-state index in [1.165, 1.54) is 4.90 Å². The lowest BCUT2D eigenvalue weighted by Crippen LogP contribution is -2.47. The molecule has 0 radical (unpaired) electrons. The SMILES string of the molecule is CSc1ccc(C2NC(=S)N(CC(C)C)C(C)=C2c2nc(-c3cccs3)no2)cc1. The van der Waals surface area contributed by atoms with Crippen molar-refractivity contribution >= 4 is 46.0 Å². The second kappa shape index (κ2) is 8.91. The zero-order valence-corrected chi connectivity index (χ0v) is 19.8. The molecule has 1 aliphatic rings. The van der Waals surface area contributed by atoms with Crippen LogP contribution in [-0.2, 0) is 0 Å². The van der Waals surface area contributed by atoms with Crippen molar-refractivity contribution in [3.8, 4) is 10.7 Å². The number of rotatable bonds is 6. The third-order valence-corrected chi connectivity index (χ3v) is 6.94. The minimum Gasteiger partial charge on any atom is -0.351 e. The van der Waals surface area contributed by atoms with E-state index in [0.717, 1.165) is 33.4 Å². The van der Waals surface area contributed by atoms with Crippen LogP contribution in [-0.4, -0.2) is 33.0 Å². The standard InChI is InChI=1S/C22H24N4OS3/c1-13(2)12-26-14(3)18(21-24-20(25-27-21)17-6-5-11-30-17)19(23-22(26)28)15-7-9-16(29-4)10-8-15/h5-11,13,19H,12H2,1-4H3,(H,23,28). The number of thiophene rings is 1. The molecule has 0 fully saturated rings. The Morgan fingerprint density at radius 1 is 1.27 bits per heavy atom. The molecule has 30 heavy (non-hydrogen) atoms. The van der Waals surface area contributed by atoms with Crippen molar-refractivity contribution in [3.05, 3.63) is 58.9 Å². The molecule has 1 N–H and O–H groups in total. The first-order chi connectivity index (χ1) is 14.5. The van der Waals surface area contributed by atoms with Crippen LogP contribution in [0.25, 0.3) is 16.3 Å². The summed E-state index contributed by atoms with van der Waals surface area (Å²) in [5.41, 5.74) is 3.13. The van der Waals surface area contributed by atoms with Gasteiger partial charge in [0, 0.05) is 17.1 Å². The van der Waals surface area contributed by atoms with Gasteiger partial charge in [-0.3, -0.25) is 0 Å². The van der Waals surface area contributed by atoms with Gasteiger partial charge in [-0.2, -0.15) is 4.98 Å². The number of allylic oxidation sites excluding steroid dienone is 1. The molecule has 0 saturated carbocycles. The monoisotopic (exact) mass is 456 g/mol. The average Bonchev–Trinajstić information content (AvgIpc) is 3.42. The quantitative estimate of drug-likeness (QED) is 0.369. The van der Waals surface area contributed by atoms with Crippen molar-refractivity contribution in [1.29, 1.82) is 0 Å². The zero-order chi connectivity index (χ0) is 21.3. The minimum atomic E-state index is -0.145. The number of hydrogen-bond acceptors (Lipinski definition) is 6. The third kappa shape index (κ3) is 4.17. The van der Waals surface area contributed by atoms with Crippen LogP contribution in [0.1, 0.15) is 38.3 Å². The second-order valence-corrected chi connectivity index (χ2v) is 9.77. The Kier molecular flexibility index (Phi) is 6.26. The molecule has 1 aliphatic heterocycles. The molecule has 4 rings (SSSR count). The van der Waals surface area contributed by atoms with Gasteiger partial charge in [0.05, 0.1) is 16.5 Å². The number of nitrogens with zero attached hydrogens (tertiary/aromatic N) is 3. The molecule has 0 saturated heterocycles. The molecule has 3 aromatic rings. The van der Waals surface area contributed by atoms with Gasteiger partial charge in [-0.05, 0) is 60.5 Å². The Balaban J connectivity index is 1.80. The topological polar surface area (TPSA) is 54.2 Å². The van der Waals surface area contributed by atoms with Gasteiger partial charge in [0.15, 0.2) is 5.11 Å². The highest BCUT2D eigenvalue weighted by molar-refractivity contribution is 7.98. The van der Waals surface area contributed by atoms with Crippen molar-refractivity contribution < 1.29 is 4.52 Å². The van der Waals surface area contributed by atoms with Gasteiger partial charge in [-0.1, -0.05) is 37.2 Å². The van der Waals surface area contributed by atoms with Crippen molar-refractivity contribution in [2.45, 2.75) is 31.7 Å². The number of thiocarbonyl (C=S) groups is 1. The minimum absolute atomic E-state index is 0.145. The predicted molar refractivity (Wildman–Crippen MR) is 128 cm³/mol. The Hall–Kier alpha value is -2.16. The molecule has 2 aromatic heterocycles. The Labute approximate surface area is 190 Å². The first-order valence-electron chi connectivity index (χ1n) is 9.78. The molecule has 0 bridgehead atoms. The van der Waals surface area contributed by atoms with Crippen LogP contribution >= 0.6 is 35.3 Å². The largest absolute Gasteiger partial charge is 0.351 e. The summed E-state index contributed by atoms with van der Waals surface area (Å²) >= 11 is 9.06. The lowest BCUT2D eigenvalue weighted by molar-refractivity contribution is 0.386. The number of nitrogens with one attached hydrogen (secondary N) is 1. The molecule has 5 nitrogen and oxygen atoms in total. The van der Waals surface area contributed by atoms with E-state index in [9.17, 15) is 0 Å². The van der Waals surface area contributed by atoms with Crippen LogP contribution < -0.4 is 5.32 Å². The number of benzene rings is 1. The van der Waals surface area contributed by atoms with Gasteiger partial charge in [-0.25, -0.2) is 0 Å². The fraction of sp³-hybridized carbons (Fsp3) is 0.318. The first kappa shape index (κ1) is 21.1. The Bertz CT molecular complexity index is 1050. The van der Waals surface area contributed by atoms with Gasteiger partial charge >= 0.3 is 0 Å². The molecular weight excluding hydrogens is 432 g/mol. The van der Waals surface area contributed by atoms with Crippen LogP contribution in [0, 0.1) is 5.92 Å². The highest BCUT2D eigenvalue weighted by Crippen LogP contribution is 2.38. The van der Waals surface area contributed by atoms with Gasteiger partial charge < -0.3 is 14.7 Å². The summed E-state index contributed by atoms with van der Waals surface area (Å²) in [6.45, 7) is 7.28. The summed E-state index contributed by atoms with van der Waals surface area (Å²) in [5.74, 6) is 1.60. The lowest BCUT2D eigenvalue weighted by atomic mass is 9.94. The molecule has 0 spiro atoms. The Morgan fingerprint density at radius 3 is 2.67 bits per heavy atom. The molecule has 1 unspecified atom stereocenters. The molecule has 0 aliphatic carbocycles. The first-order valence-corrected chi connectivity index (χ1v) is 12.3. The molecule has 156 valence electrons.